The lowest BCUT2D eigenvalue weighted by molar-refractivity contribution is -0.148. The maximum absolute atomic E-state index is 11.4. The van der Waals surface area contributed by atoms with Gasteiger partial charge in [-0.2, -0.15) is 16.8 Å². The summed E-state index contributed by atoms with van der Waals surface area (Å²) in [6.07, 6.45) is -1.00. The van der Waals surface area contributed by atoms with Gasteiger partial charge in [-0.3, -0.25) is 13.9 Å². The third-order valence-electron chi connectivity index (χ3n) is 3.58. The number of carbonyl (C=O) groups is 2. The van der Waals surface area contributed by atoms with Crippen molar-refractivity contribution in [2.75, 3.05) is 6.61 Å². The van der Waals surface area contributed by atoms with E-state index in [0.29, 0.717) is 0 Å². The fourth-order valence-electron chi connectivity index (χ4n) is 2.16. The fourth-order valence-corrected chi connectivity index (χ4v) is 4.37. The topological polar surface area (TPSA) is 182 Å². The quantitative estimate of drug-likeness (QED) is 0.267. The average molecular weight is 488 g/mol. The maximum Gasteiger partial charge on any atom is 0.349 e. The highest BCUT2D eigenvalue weighted by Gasteiger charge is 2.64. The van der Waals surface area contributed by atoms with Crippen LogP contribution in [0.3, 0.4) is 0 Å². The number of carboxylic acid groups (broad SMARTS) is 1. The third-order valence-corrected chi connectivity index (χ3v) is 7.14. The van der Waals surface area contributed by atoms with E-state index in [9.17, 15) is 26.4 Å². The van der Waals surface area contributed by atoms with Crippen LogP contribution in [0.2, 0.25) is 0 Å². The Balaban J connectivity index is 0.000000339. The van der Waals surface area contributed by atoms with Gasteiger partial charge in [-0.05, 0) is 24.3 Å². The molecule has 0 aromatic heterocycles. The zero-order valence-corrected chi connectivity index (χ0v) is 18.0. The van der Waals surface area contributed by atoms with Gasteiger partial charge < -0.3 is 14.6 Å². The van der Waals surface area contributed by atoms with E-state index in [1.165, 1.54) is 0 Å². The number of carboxylic acids is 1. The molecule has 2 aromatic carbocycles. The number of para-hydroxylation sites is 2. The van der Waals surface area contributed by atoms with Crippen molar-refractivity contribution in [3.05, 3.63) is 73.3 Å². The number of ether oxygens (including phenoxy) is 2. The Morgan fingerprint density at radius 1 is 0.875 bits per heavy atom. The van der Waals surface area contributed by atoms with Crippen molar-refractivity contribution in [1.29, 1.82) is 0 Å². The molecule has 0 fully saturated rings. The second-order valence-electron chi connectivity index (χ2n) is 5.89. The molecule has 2 rings (SSSR count). The Labute approximate surface area is 184 Å². The van der Waals surface area contributed by atoms with Crippen molar-refractivity contribution in [3.8, 4) is 11.5 Å². The largest absolute Gasteiger partial charge is 0.481 e. The standard InChI is InChI=1S/C12H10O.C7H10O10S2/c1-3-7-11(8-4-1)13-12-9-5-2-6-10-12;1-2-3-17-6(10)7(4-5(8)9,18(11,12)13)19(14,15)16/h1-10H;2H,1,3-4H2,(H,8,9)(H,11,12,13)(H,14,15,16). The molecular weight excluding hydrogens is 468 g/mol. The summed E-state index contributed by atoms with van der Waals surface area (Å²) in [6.45, 7) is 2.42. The van der Waals surface area contributed by atoms with E-state index in [4.69, 9.17) is 18.9 Å². The molecule has 0 aliphatic rings. The summed E-state index contributed by atoms with van der Waals surface area (Å²) in [5.74, 6) is -2.49. The molecule has 0 unspecified atom stereocenters. The van der Waals surface area contributed by atoms with Crippen molar-refractivity contribution in [3.63, 3.8) is 0 Å². The number of aliphatic carboxylic acids is 1. The molecule has 0 saturated heterocycles. The zero-order valence-electron chi connectivity index (χ0n) is 16.4. The molecule has 2 aromatic rings. The van der Waals surface area contributed by atoms with Gasteiger partial charge in [-0.15, -0.1) is 0 Å². The number of rotatable bonds is 9. The van der Waals surface area contributed by atoms with Crippen LogP contribution in [0.5, 0.6) is 11.5 Å². The van der Waals surface area contributed by atoms with Crippen LogP contribution >= 0.6 is 0 Å². The number of benzene rings is 2. The Morgan fingerprint density at radius 3 is 1.59 bits per heavy atom. The van der Waals surface area contributed by atoms with Crippen LogP contribution in [0.4, 0.5) is 0 Å². The summed E-state index contributed by atoms with van der Waals surface area (Å²) in [5, 5.41) is 8.47. The van der Waals surface area contributed by atoms with Crippen LogP contribution in [-0.4, -0.2) is 53.7 Å². The highest BCUT2D eigenvalue weighted by atomic mass is 32.3. The lowest BCUT2D eigenvalue weighted by Crippen LogP contribution is -2.54. The molecule has 0 spiro atoms. The van der Waals surface area contributed by atoms with Crippen molar-refractivity contribution in [2.24, 2.45) is 0 Å². The van der Waals surface area contributed by atoms with Crippen molar-refractivity contribution < 1.29 is 50.1 Å². The van der Waals surface area contributed by atoms with Crippen molar-refractivity contribution in [2.45, 2.75) is 10.5 Å². The van der Waals surface area contributed by atoms with E-state index in [2.05, 4.69) is 11.3 Å². The molecule has 0 aliphatic carbocycles. The summed E-state index contributed by atoms with van der Waals surface area (Å²) in [4.78, 5) is 21.9. The first-order valence-corrected chi connectivity index (χ1v) is 11.4. The van der Waals surface area contributed by atoms with Gasteiger partial charge >= 0.3 is 16.0 Å². The van der Waals surface area contributed by atoms with Gasteiger partial charge in [0.1, 0.15) is 18.1 Å². The molecule has 11 nitrogen and oxygen atoms in total. The minimum Gasteiger partial charge on any atom is -0.481 e. The molecule has 0 atom stereocenters. The van der Waals surface area contributed by atoms with E-state index >= 15 is 0 Å². The number of hydrogen-bond donors (Lipinski definition) is 3. The minimum absolute atomic E-state index is 0.661. The maximum atomic E-state index is 11.4. The Hall–Kier alpha value is -3.26. The lowest BCUT2D eigenvalue weighted by atomic mass is 10.3. The van der Waals surface area contributed by atoms with Crippen LogP contribution in [0.25, 0.3) is 0 Å². The second-order valence-corrected chi connectivity index (χ2v) is 9.44. The van der Waals surface area contributed by atoms with Gasteiger partial charge in [0.05, 0.1) is 6.42 Å². The third kappa shape index (κ3) is 7.16. The molecule has 174 valence electrons. The Bertz CT molecular complexity index is 1060. The van der Waals surface area contributed by atoms with E-state index in [-0.39, 0.29) is 0 Å². The van der Waals surface area contributed by atoms with Gasteiger partial charge in [0.25, 0.3) is 20.2 Å². The number of carbonyl (C=O) groups excluding carboxylic acids is 1. The monoisotopic (exact) mass is 488 g/mol. The van der Waals surface area contributed by atoms with Crippen molar-refractivity contribution in [1.82, 2.24) is 0 Å². The van der Waals surface area contributed by atoms with Crippen LogP contribution < -0.4 is 4.74 Å². The molecule has 0 aliphatic heterocycles. The first-order valence-electron chi connectivity index (χ1n) is 8.57. The van der Waals surface area contributed by atoms with Crippen LogP contribution in [0, 0.1) is 0 Å². The highest BCUT2D eigenvalue weighted by molar-refractivity contribution is 8.06. The van der Waals surface area contributed by atoms with Gasteiger partial charge in [-0.25, -0.2) is 4.79 Å². The molecule has 3 N–H and O–H groups in total. The lowest BCUT2D eigenvalue weighted by Gasteiger charge is -2.23. The van der Waals surface area contributed by atoms with Crippen LogP contribution in [-0.2, 0) is 34.6 Å². The number of hydrogen-bond acceptors (Lipinski definition) is 8. The van der Waals surface area contributed by atoms with Gasteiger partial charge in [-0.1, -0.05) is 49.1 Å². The molecule has 0 amide bonds. The molecule has 0 radical (unpaired) electrons. The predicted molar refractivity (Wildman–Crippen MR) is 112 cm³/mol. The molecule has 0 bridgehead atoms. The van der Waals surface area contributed by atoms with Gasteiger partial charge in [0.2, 0.25) is 0 Å². The van der Waals surface area contributed by atoms with Gasteiger partial charge in [0.15, 0.2) is 0 Å². The van der Waals surface area contributed by atoms with E-state index in [0.717, 1.165) is 17.6 Å². The predicted octanol–water partition coefficient (Wildman–Crippen LogP) is 2.14. The normalized spacial score (nSPS) is 11.4. The summed E-state index contributed by atoms with van der Waals surface area (Å²) in [5.41, 5.74) is 0. The first-order chi connectivity index (χ1) is 14.8. The second kappa shape index (κ2) is 11.4. The van der Waals surface area contributed by atoms with E-state index in [1.807, 2.05) is 60.7 Å². The molecule has 32 heavy (non-hydrogen) atoms. The smallest absolute Gasteiger partial charge is 0.349 e. The average Bonchev–Trinajstić information content (AvgIpc) is 2.70. The molecule has 0 heterocycles. The van der Waals surface area contributed by atoms with E-state index < -0.39 is 49.3 Å². The van der Waals surface area contributed by atoms with E-state index in [1.54, 1.807) is 0 Å². The number of esters is 1. The Morgan fingerprint density at radius 2 is 1.28 bits per heavy atom. The molecule has 13 heteroatoms. The van der Waals surface area contributed by atoms with Crippen molar-refractivity contribution >= 4 is 32.2 Å². The molecular formula is C19H20O11S2. The first kappa shape index (κ1) is 26.8. The minimum atomic E-state index is -5.84. The van der Waals surface area contributed by atoms with Crippen LogP contribution in [0.15, 0.2) is 73.3 Å². The molecule has 0 saturated carbocycles. The fraction of sp³-hybridized carbons (Fsp3) is 0.158. The summed E-state index contributed by atoms with van der Waals surface area (Å²) < 4.78 is 67.6. The highest BCUT2D eigenvalue weighted by Crippen LogP contribution is 2.29. The summed E-state index contributed by atoms with van der Waals surface area (Å²) in [7, 11) is -11.7. The van der Waals surface area contributed by atoms with Crippen LogP contribution in [0.1, 0.15) is 6.42 Å². The summed E-state index contributed by atoms with van der Waals surface area (Å²) in [6, 6.07) is 19.5. The Kier molecular flexibility index (Phi) is 9.53. The SMILES string of the molecule is C=CCOC(=O)C(CC(=O)O)(S(=O)(=O)O)S(=O)(=O)O.c1ccc(Oc2ccccc2)cc1. The van der Waals surface area contributed by atoms with Gasteiger partial charge in [0, 0.05) is 0 Å². The summed E-state index contributed by atoms with van der Waals surface area (Å²) >= 11 is 0. The zero-order chi connectivity index (χ0) is 24.4.